The van der Waals surface area contributed by atoms with Gasteiger partial charge in [0.15, 0.2) is 0 Å². The van der Waals surface area contributed by atoms with Gasteiger partial charge in [-0.25, -0.2) is 0 Å². The van der Waals surface area contributed by atoms with Crippen molar-refractivity contribution in [1.29, 1.82) is 0 Å². The molecule has 0 aliphatic heterocycles. The maximum absolute atomic E-state index is 5.03. The Kier molecular flexibility index (Phi) is 43.0. The zero-order chi connectivity index (χ0) is 10.9. The van der Waals surface area contributed by atoms with E-state index in [0.29, 0.717) is 0 Å². The molecule has 0 aromatic rings. The molecule has 0 fully saturated rings. The van der Waals surface area contributed by atoms with Crippen LogP contribution in [0.2, 0.25) is 0 Å². The smallest absolute Gasteiger partial charge is 0.00171 e. The minimum absolute atomic E-state index is 0.819. The van der Waals surface area contributed by atoms with Crippen LogP contribution >= 0.6 is 9.39 Å². The van der Waals surface area contributed by atoms with Crippen molar-refractivity contribution in [2.24, 2.45) is 11.5 Å². The van der Waals surface area contributed by atoms with Crippen LogP contribution in [0.4, 0.5) is 0 Å². The molecule has 3 nitrogen and oxygen atoms in total. The Bertz CT molecular complexity index is 44.1. The van der Waals surface area contributed by atoms with Crippen molar-refractivity contribution in [2.75, 3.05) is 19.6 Å². The number of hydrogen-bond acceptors (Lipinski definition) is 3. The van der Waals surface area contributed by atoms with Gasteiger partial charge in [0.2, 0.25) is 0 Å². The lowest BCUT2D eigenvalue weighted by Crippen LogP contribution is -1.95. The SMILES string of the molecule is CCCN.CCCN.CCCNP. The van der Waals surface area contributed by atoms with E-state index in [0.717, 1.165) is 32.5 Å². The van der Waals surface area contributed by atoms with Crippen LogP contribution < -0.4 is 16.6 Å². The van der Waals surface area contributed by atoms with E-state index in [2.05, 4.69) is 35.2 Å². The number of hydrogen-bond donors (Lipinski definition) is 3. The Hall–Kier alpha value is 0.310. The van der Waals surface area contributed by atoms with Crippen molar-refractivity contribution in [3.8, 4) is 0 Å². The molecule has 84 valence electrons. The molecule has 1 unspecified atom stereocenters. The monoisotopic (exact) mass is 209 g/mol. The molecule has 0 heterocycles. The average Bonchev–Trinajstić information content (AvgIpc) is 2.20. The number of nitrogens with two attached hydrogens (primary N) is 2. The Morgan fingerprint density at radius 3 is 1.23 bits per heavy atom. The fourth-order valence-corrected chi connectivity index (χ4v) is 0.433. The molecule has 4 heteroatoms. The Morgan fingerprint density at radius 1 is 0.923 bits per heavy atom. The first-order valence-corrected chi connectivity index (χ1v) is 5.66. The predicted molar refractivity (Wildman–Crippen MR) is 66.7 cm³/mol. The lowest BCUT2D eigenvalue weighted by Gasteiger charge is -1.84. The largest absolute Gasteiger partial charge is 0.330 e. The molecule has 0 rings (SSSR count). The molecule has 0 amide bonds. The molecule has 0 aliphatic rings. The molecule has 0 spiro atoms. The number of rotatable bonds is 4. The van der Waals surface area contributed by atoms with Gasteiger partial charge in [-0.3, -0.25) is 0 Å². The first-order valence-electron chi connectivity index (χ1n) is 5.08. The maximum Gasteiger partial charge on any atom is -0.00171 e. The van der Waals surface area contributed by atoms with Crippen LogP contribution in [0.15, 0.2) is 0 Å². The summed E-state index contributed by atoms with van der Waals surface area (Å²) < 4.78 is 0. The summed E-state index contributed by atoms with van der Waals surface area (Å²) in [6, 6.07) is 0. The van der Waals surface area contributed by atoms with Crippen LogP contribution in [0.1, 0.15) is 40.0 Å². The quantitative estimate of drug-likeness (QED) is 0.615. The van der Waals surface area contributed by atoms with Crippen LogP contribution in [0.25, 0.3) is 0 Å². The van der Waals surface area contributed by atoms with Crippen molar-refractivity contribution >= 4 is 9.39 Å². The van der Waals surface area contributed by atoms with E-state index in [1.54, 1.807) is 0 Å². The molecular weight excluding hydrogens is 181 g/mol. The highest BCUT2D eigenvalue weighted by molar-refractivity contribution is 7.13. The van der Waals surface area contributed by atoms with E-state index in [4.69, 9.17) is 11.5 Å². The van der Waals surface area contributed by atoms with Gasteiger partial charge < -0.3 is 16.6 Å². The second-order valence-electron chi connectivity index (χ2n) is 2.53. The molecular formula is C9H28N3P. The Balaban J connectivity index is -0.000000117. The molecule has 1 atom stereocenters. The summed E-state index contributed by atoms with van der Waals surface area (Å²) in [6.45, 7) is 8.99. The highest BCUT2D eigenvalue weighted by Crippen LogP contribution is 1.71. The topological polar surface area (TPSA) is 64.1 Å². The third-order valence-electron chi connectivity index (χ3n) is 0.972. The number of nitrogens with one attached hydrogen (secondary N) is 1. The van der Waals surface area contributed by atoms with E-state index in [-0.39, 0.29) is 0 Å². The fraction of sp³-hybridized carbons (Fsp3) is 1.00. The zero-order valence-corrected chi connectivity index (χ0v) is 10.6. The highest BCUT2D eigenvalue weighted by Gasteiger charge is 1.65. The molecule has 0 aromatic heterocycles. The van der Waals surface area contributed by atoms with Crippen molar-refractivity contribution < 1.29 is 0 Å². The molecule has 0 aliphatic carbocycles. The van der Waals surface area contributed by atoms with Gasteiger partial charge in [-0.05, 0) is 38.9 Å². The summed E-state index contributed by atoms with van der Waals surface area (Å²) in [4.78, 5) is 0. The average molecular weight is 209 g/mol. The second-order valence-corrected chi connectivity index (χ2v) is 2.94. The van der Waals surface area contributed by atoms with Gasteiger partial charge in [0.05, 0.1) is 0 Å². The van der Waals surface area contributed by atoms with Gasteiger partial charge in [0.25, 0.3) is 0 Å². The molecule has 0 saturated heterocycles. The summed E-state index contributed by atoms with van der Waals surface area (Å²) in [5.41, 5.74) is 10.1. The van der Waals surface area contributed by atoms with Gasteiger partial charge in [-0.1, -0.05) is 30.2 Å². The molecule has 0 aromatic carbocycles. The molecule has 5 N–H and O–H groups in total. The maximum atomic E-state index is 5.03. The van der Waals surface area contributed by atoms with Crippen molar-refractivity contribution in [1.82, 2.24) is 5.09 Å². The van der Waals surface area contributed by atoms with E-state index in [1.165, 1.54) is 6.42 Å². The van der Waals surface area contributed by atoms with Crippen molar-refractivity contribution in [3.05, 3.63) is 0 Å². The minimum Gasteiger partial charge on any atom is -0.330 e. The van der Waals surface area contributed by atoms with Gasteiger partial charge >= 0.3 is 0 Å². The van der Waals surface area contributed by atoms with Crippen LogP contribution in [0.5, 0.6) is 0 Å². The van der Waals surface area contributed by atoms with Crippen LogP contribution in [0, 0.1) is 0 Å². The first-order chi connectivity index (χ1) is 6.24. The summed E-state index contributed by atoms with van der Waals surface area (Å²) >= 11 is 0. The summed E-state index contributed by atoms with van der Waals surface area (Å²) in [6.07, 6.45) is 3.41. The third-order valence-corrected chi connectivity index (χ3v) is 1.26. The minimum atomic E-state index is 0.819. The van der Waals surface area contributed by atoms with E-state index < -0.39 is 0 Å². The van der Waals surface area contributed by atoms with E-state index in [9.17, 15) is 0 Å². The summed E-state index contributed by atoms with van der Waals surface area (Å²) in [5.74, 6) is 0. The predicted octanol–water partition coefficient (Wildman–Crippen LogP) is 1.49. The van der Waals surface area contributed by atoms with Crippen molar-refractivity contribution in [3.63, 3.8) is 0 Å². The van der Waals surface area contributed by atoms with Crippen molar-refractivity contribution in [2.45, 2.75) is 40.0 Å². The molecule has 0 saturated carbocycles. The van der Waals surface area contributed by atoms with Gasteiger partial charge in [0, 0.05) is 0 Å². The van der Waals surface area contributed by atoms with Crippen LogP contribution in [0.3, 0.4) is 0 Å². The summed E-state index contributed by atoms with van der Waals surface area (Å²) in [5, 5.41) is 2.93. The fourth-order valence-electron chi connectivity index (χ4n) is 0.144. The molecule has 13 heavy (non-hydrogen) atoms. The second kappa shape index (κ2) is 29.5. The summed E-state index contributed by atoms with van der Waals surface area (Å²) in [7, 11) is 2.45. The van der Waals surface area contributed by atoms with E-state index in [1.807, 2.05) is 0 Å². The Labute approximate surface area is 86.3 Å². The normalized spacial score (nSPS) is 7.85. The zero-order valence-electron chi connectivity index (χ0n) is 9.47. The van der Waals surface area contributed by atoms with E-state index >= 15 is 0 Å². The standard InChI is InChI=1S/C3H10NP.2C3H9N/c1-2-3-4-5;2*1-2-3-4/h4H,2-3,5H2,1H3;2*2-4H2,1H3. The van der Waals surface area contributed by atoms with Gasteiger partial charge in [-0.2, -0.15) is 0 Å². The molecule has 0 radical (unpaired) electrons. The third kappa shape index (κ3) is 70.4. The first kappa shape index (κ1) is 19.0. The molecule has 0 bridgehead atoms. The van der Waals surface area contributed by atoms with Gasteiger partial charge in [-0.15, -0.1) is 0 Å². The van der Waals surface area contributed by atoms with Crippen LogP contribution in [-0.2, 0) is 0 Å². The lowest BCUT2D eigenvalue weighted by molar-refractivity contribution is 0.878. The van der Waals surface area contributed by atoms with Gasteiger partial charge in [0.1, 0.15) is 0 Å². The Morgan fingerprint density at radius 2 is 1.23 bits per heavy atom. The lowest BCUT2D eigenvalue weighted by atomic mass is 10.5. The highest BCUT2D eigenvalue weighted by atomic mass is 31.0. The van der Waals surface area contributed by atoms with Crippen LogP contribution in [-0.4, -0.2) is 19.6 Å².